The number of hydrogen-bond donors (Lipinski definition) is 2. The molecule has 0 bridgehead atoms. The van der Waals surface area contributed by atoms with E-state index in [1.54, 1.807) is 0 Å². The van der Waals surface area contributed by atoms with Crippen LogP contribution in [0.25, 0.3) is 0 Å². The van der Waals surface area contributed by atoms with Crippen molar-refractivity contribution in [3.63, 3.8) is 0 Å². The van der Waals surface area contributed by atoms with Gasteiger partial charge in [0.15, 0.2) is 0 Å². The van der Waals surface area contributed by atoms with E-state index in [1.807, 2.05) is 45.0 Å². The molecule has 0 aromatic heterocycles. The number of amides is 1. The number of aliphatic hydroxyl groups excluding tert-OH is 1. The zero-order valence-electron chi connectivity index (χ0n) is 11.7. The second kappa shape index (κ2) is 6.92. The van der Waals surface area contributed by atoms with Gasteiger partial charge in [-0.2, -0.15) is 0 Å². The van der Waals surface area contributed by atoms with Crippen LogP contribution in [-0.2, 0) is 11.2 Å². The van der Waals surface area contributed by atoms with Crippen molar-refractivity contribution in [2.24, 2.45) is 11.3 Å². The van der Waals surface area contributed by atoms with Gasteiger partial charge in [-0.25, -0.2) is 0 Å². The van der Waals surface area contributed by atoms with Crippen molar-refractivity contribution in [1.29, 1.82) is 0 Å². The van der Waals surface area contributed by atoms with E-state index in [-0.39, 0.29) is 23.8 Å². The van der Waals surface area contributed by atoms with Gasteiger partial charge in [-0.15, -0.1) is 0 Å². The fourth-order valence-corrected chi connectivity index (χ4v) is 1.88. The van der Waals surface area contributed by atoms with Crippen LogP contribution < -0.4 is 5.32 Å². The van der Waals surface area contributed by atoms with E-state index in [0.717, 1.165) is 5.56 Å². The first-order valence-electron chi connectivity index (χ1n) is 6.47. The third kappa shape index (κ3) is 5.62. The second-order valence-electron chi connectivity index (χ2n) is 5.78. The van der Waals surface area contributed by atoms with Crippen molar-refractivity contribution >= 4 is 17.5 Å². The van der Waals surface area contributed by atoms with E-state index < -0.39 is 0 Å². The molecule has 4 heteroatoms. The molecule has 0 aliphatic rings. The summed E-state index contributed by atoms with van der Waals surface area (Å²) in [7, 11) is 0. The van der Waals surface area contributed by atoms with Gasteiger partial charge in [-0.1, -0.05) is 44.5 Å². The lowest BCUT2D eigenvalue weighted by Crippen LogP contribution is -2.39. The van der Waals surface area contributed by atoms with Crippen LogP contribution in [0, 0.1) is 11.3 Å². The van der Waals surface area contributed by atoms with Gasteiger partial charge in [0.25, 0.3) is 0 Å². The van der Waals surface area contributed by atoms with Gasteiger partial charge in [0.2, 0.25) is 5.91 Å². The maximum Gasteiger partial charge on any atom is 0.223 e. The standard InChI is InChI=1S/C15H22ClNO2/c1-11(7-12-5-4-6-13(16)8-12)14(19)17-9-15(2,3)10-18/h4-6,8,11,18H,7,9-10H2,1-3H3,(H,17,19). The van der Waals surface area contributed by atoms with Gasteiger partial charge in [0.05, 0.1) is 0 Å². The summed E-state index contributed by atoms with van der Waals surface area (Å²) in [5, 5.41) is 12.7. The molecule has 0 spiro atoms. The van der Waals surface area contributed by atoms with Gasteiger partial charge >= 0.3 is 0 Å². The summed E-state index contributed by atoms with van der Waals surface area (Å²) < 4.78 is 0. The number of nitrogens with one attached hydrogen (secondary N) is 1. The maximum absolute atomic E-state index is 12.0. The lowest BCUT2D eigenvalue weighted by molar-refractivity contribution is -0.125. The predicted octanol–water partition coefficient (Wildman–Crippen LogP) is 2.65. The zero-order valence-corrected chi connectivity index (χ0v) is 12.5. The van der Waals surface area contributed by atoms with Crippen LogP contribution in [0.4, 0.5) is 0 Å². The molecule has 19 heavy (non-hydrogen) atoms. The molecular weight excluding hydrogens is 262 g/mol. The Morgan fingerprint density at radius 3 is 2.74 bits per heavy atom. The molecule has 0 aliphatic heterocycles. The summed E-state index contributed by atoms with van der Waals surface area (Å²) in [6, 6.07) is 7.55. The first kappa shape index (κ1) is 16.0. The Labute approximate surface area is 120 Å². The Morgan fingerprint density at radius 2 is 2.16 bits per heavy atom. The average Bonchev–Trinajstić information content (AvgIpc) is 2.36. The lowest BCUT2D eigenvalue weighted by Gasteiger charge is -2.23. The quantitative estimate of drug-likeness (QED) is 0.843. The highest BCUT2D eigenvalue weighted by atomic mass is 35.5. The fourth-order valence-electron chi connectivity index (χ4n) is 1.67. The third-order valence-electron chi connectivity index (χ3n) is 3.05. The SMILES string of the molecule is CC(Cc1cccc(Cl)c1)C(=O)NCC(C)(C)CO. The minimum atomic E-state index is -0.286. The van der Waals surface area contributed by atoms with E-state index in [1.165, 1.54) is 0 Å². The summed E-state index contributed by atoms with van der Waals surface area (Å²) in [4.78, 5) is 12.0. The minimum absolute atomic E-state index is 0.00139. The van der Waals surface area contributed by atoms with E-state index >= 15 is 0 Å². The third-order valence-corrected chi connectivity index (χ3v) is 3.28. The van der Waals surface area contributed by atoms with Crippen LogP contribution in [0.1, 0.15) is 26.3 Å². The van der Waals surface area contributed by atoms with E-state index in [0.29, 0.717) is 18.0 Å². The lowest BCUT2D eigenvalue weighted by atomic mass is 9.94. The Morgan fingerprint density at radius 1 is 1.47 bits per heavy atom. The largest absolute Gasteiger partial charge is 0.396 e. The van der Waals surface area contributed by atoms with Crippen LogP contribution in [0.3, 0.4) is 0 Å². The molecule has 0 saturated heterocycles. The topological polar surface area (TPSA) is 49.3 Å². The maximum atomic E-state index is 12.0. The molecule has 0 heterocycles. The smallest absolute Gasteiger partial charge is 0.223 e. The van der Waals surface area contributed by atoms with Crippen molar-refractivity contribution in [1.82, 2.24) is 5.32 Å². The molecule has 1 unspecified atom stereocenters. The second-order valence-corrected chi connectivity index (χ2v) is 6.21. The fraction of sp³-hybridized carbons (Fsp3) is 0.533. The summed E-state index contributed by atoms with van der Waals surface area (Å²) in [6.07, 6.45) is 0.659. The van der Waals surface area contributed by atoms with Crippen molar-refractivity contribution in [3.8, 4) is 0 Å². The molecule has 2 N–H and O–H groups in total. The van der Waals surface area contributed by atoms with Crippen molar-refractivity contribution in [2.75, 3.05) is 13.2 Å². The normalized spacial score (nSPS) is 13.1. The van der Waals surface area contributed by atoms with E-state index in [2.05, 4.69) is 5.32 Å². The molecule has 1 atom stereocenters. The van der Waals surface area contributed by atoms with Gasteiger partial charge in [0, 0.05) is 29.5 Å². The Balaban J connectivity index is 2.49. The van der Waals surface area contributed by atoms with Crippen molar-refractivity contribution in [3.05, 3.63) is 34.9 Å². The summed E-state index contributed by atoms with van der Waals surface area (Å²) >= 11 is 5.92. The highest BCUT2D eigenvalue weighted by molar-refractivity contribution is 6.30. The van der Waals surface area contributed by atoms with Gasteiger partial charge < -0.3 is 10.4 Å². The highest BCUT2D eigenvalue weighted by Crippen LogP contribution is 2.15. The van der Waals surface area contributed by atoms with Crippen molar-refractivity contribution < 1.29 is 9.90 Å². The first-order valence-corrected chi connectivity index (χ1v) is 6.85. The molecule has 1 aromatic rings. The molecule has 0 fully saturated rings. The molecule has 0 saturated carbocycles. The highest BCUT2D eigenvalue weighted by Gasteiger charge is 2.20. The summed E-state index contributed by atoms with van der Waals surface area (Å²) in [5.74, 6) is -0.116. The molecule has 0 aliphatic carbocycles. The Kier molecular flexibility index (Phi) is 5.83. The molecule has 1 rings (SSSR count). The summed E-state index contributed by atoms with van der Waals surface area (Å²) in [6.45, 7) is 6.24. The van der Waals surface area contributed by atoms with E-state index in [4.69, 9.17) is 16.7 Å². The molecule has 0 radical (unpaired) electrons. The number of carbonyl (C=O) groups is 1. The van der Waals surface area contributed by atoms with Crippen LogP contribution >= 0.6 is 11.6 Å². The number of benzene rings is 1. The van der Waals surface area contributed by atoms with Crippen LogP contribution in [0.15, 0.2) is 24.3 Å². The minimum Gasteiger partial charge on any atom is -0.396 e. The predicted molar refractivity (Wildman–Crippen MR) is 78.2 cm³/mol. The summed E-state index contributed by atoms with van der Waals surface area (Å²) in [5.41, 5.74) is 0.766. The molecular formula is C15H22ClNO2. The number of aliphatic hydroxyl groups is 1. The molecule has 106 valence electrons. The molecule has 1 amide bonds. The number of carbonyl (C=O) groups excluding carboxylic acids is 1. The van der Waals surface area contributed by atoms with E-state index in [9.17, 15) is 4.79 Å². The average molecular weight is 284 g/mol. The zero-order chi connectivity index (χ0) is 14.5. The Hall–Kier alpha value is -1.06. The molecule has 1 aromatic carbocycles. The Bertz CT molecular complexity index is 432. The van der Waals surface area contributed by atoms with Gasteiger partial charge in [0.1, 0.15) is 0 Å². The number of rotatable bonds is 6. The monoisotopic (exact) mass is 283 g/mol. The number of hydrogen-bond acceptors (Lipinski definition) is 2. The van der Waals surface area contributed by atoms with Crippen LogP contribution in [0.2, 0.25) is 5.02 Å². The number of halogens is 1. The first-order chi connectivity index (χ1) is 8.84. The van der Waals surface area contributed by atoms with Crippen LogP contribution in [-0.4, -0.2) is 24.2 Å². The molecule has 3 nitrogen and oxygen atoms in total. The van der Waals surface area contributed by atoms with Gasteiger partial charge in [-0.3, -0.25) is 4.79 Å². The van der Waals surface area contributed by atoms with Crippen molar-refractivity contribution in [2.45, 2.75) is 27.2 Å². The van der Waals surface area contributed by atoms with Crippen LogP contribution in [0.5, 0.6) is 0 Å². The van der Waals surface area contributed by atoms with Gasteiger partial charge in [-0.05, 0) is 24.1 Å².